The number of halogens is 2. The molecule has 2 rings (SSSR count). The quantitative estimate of drug-likeness (QED) is 0.867. The fraction of sp³-hybridized carbons (Fsp3) is 0.333. The van der Waals surface area contributed by atoms with E-state index >= 15 is 0 Å². The van der Waals surface area contributed by atoms with Crippen molar-refractivity contribution in [3.05, 3.63) is 34.9 Å². The highest BCUT2D eigenvalue weighted by Crippen LogP contribution is 2.20. The van der Waals surface area contributed by atoms with Crippen LogP contribution in [0.15, 0.2) is 12.1 Å². The number of hydrogen-bond donors (Lipinski definition) is 2. The smallest absolute Gasteiger partial charge is 0.336 e. The van der Waals surface area contributed by atoms with Gasteiger partial charge in [-0.3, -0.25) is 4.79 Å². The predicted octanol–water partition coefficient (Wildman–Crippen LogP) is 1.95. The van der Waals surface area contributed by atoms with Gasteiger partial charge in [0, 0.05) is 6.04 Å². The molecule has 1 fully saturated rings. The summed E-state index contributed by atoms with van der Waals surface area (Å²) in [6.45, 7) is 0. The first-order valence-corrected chi connectivity index (χ1v) is 5.52. The zero-order valence-corrected chi connectivity index (χ0v) is 9.37. The zero-order chi connectivity index (χ0) is 13.3. The summed E-state index contributed by atoms with van der Waals surface area (Å²) < 4.78 is 26.0. The van der Waals surface area contributed by atoms with Crippen molar-refractivity contribution >= 4 is 11.9 Å². The van der Waals surface area contributed by atoms with Crippen LogP contribution >= 0.6 is 0 Å². The lowest BCUT2D eigenvalue weighted by Gasteiger charge is -2.26. The molecule has 1 aliphatic carbocycles. The maximum Gasteiger partial charge on any atom is 0.336 e. The fourth-order valence-electron chi connectivity index (χ4n) is 1.73. The van der Waals surface area contributed by atoms with Crippen molar-refractivity contribution in [2.45, 2.75) is 25.3 Å². The summed E-state index contributed by atoms with van der Waals surface area (Å²) in [6, 6.07) is 1.13. The number of hydrogen-bond acceptors (Lipinski definition) is 2. The zero-order valence-electron chi connectivity index (χ0n) is 9.37. The average Bonchev–Trinajstić information content (AvgIpc) is 2.26. The van der Waals surface area contributed by atoms with E-state index in [0.717, 1.165) is 19.3 Å². The molecule has 0 spiro atoms. The summed E-state index contributed by atoms with van der Waals surface area (Å²) in [7, 11) is 0. The Morgan fingerprint density at radius 2 is 1.72 bits per heavy atom. The summed E-state index contributed by atoms with van der Waals surface area (Å²) >= 11 is 0. The van der Waals surface area contributed by atoms with Gasteiger partial charge in [0.05, 0.1) is 11.1 Å². The highest BCUT2D eigenvalue weighted by atomic mass is 19.2. The Bertz CT molecular complexity index is 512. The number of carbonyl (C=O) groups is 2. The normalized spacial score (nSPS) is 15.0. The van der Waals surface area contributed by atoms with Crippen molar-refractivity contribution in [1.82, 2.24) is 5.32 Å². The summed E-state index contributed by atoms with van der Waals surface area (Å²) in [5, 5.41) is 11.4. The van der Waals surface area contributed by atoms with Crippen LogP contribution in [0.5, 0.6) is 0 Å². The highest BCUT2D eigenvalue weighted by molar-refractivity contribution is 6.04. The molecule has 0 unspecified atom stereocenters. The molecule has 1 amide bonds. The lowest BCUT2D eigenvalue weighted by Crippen LogP contribution is -2.40. The van der Waals surface area contributed by atoms with Crippen LogP contribution in [0.2, 0.25) is 0 Å². The molecule has 0 radical (unpaired) electrons. The molecule has 1 aromatic carbocycles. The van der Waals surface area contributed by atoms with Crippen LogP contribution in [0.3, 0.4) is 0 Å². The maximum atomic E-state index is 13.1. The third kappa shape index (κ3) is 2.32. The number of rotatable bonds is 3. The van der Waals surface area contributed by atoms with Crippen molar-refractivity contribution in [1.29, 1.82) is 0 Å². The molecule has 2 N–H and O–H groups in total. The van der Waals surface area contributed by atoms with Crippen molar-refractivity contribution < 1.29 is 23.5 Å². The van der Waals surface area contributed by atoms with E-state index in [1.165, 1.54) is 0 Å². The lowest BCUT2D eigenvalue weighted by atomic mass is 9.92. The molecule has 0 aliphatic heterocycles. The number of nitrogens with one attached hydrogen (secondary N) is 1. The molecule has 0 heterocycles. The van der Waals surface area contributed by atoms with Gasteiger partial charge >= 0.3 is 5.97 Å². The SMILES string of the molecule is O=C(O)c1cc(F)c(F)cc1C(=O)NC1CCC1. The maximum absolute atomic E-state index is 13.1. The van der Waals surface area contributed by atoms with Gasteiger partial charge in [0.25, 0.3) is 5.91 Å². The van der Waals surface area contributed by atoms with Gasteiger partial charge in [0.1, 0.15) is 0 Å². The summed E-state index contributed by atoms with van der Waals surface area (Å²) in [5.41, 5.74) is -0.890. The van der Waals surface area contributed by atoms with E-state index in [-0.39, 0.29) is 11.6 Å². The van der Waals surface area contributed by atoms with E-state index in [2.05, 4.69) is 5.32 Å². The third-order valence-electron chi connectivity index (χ3n) is 2.98. The second-order valence-electron chi connectivity index (χ2n) is 4.22. The number of amides is 1. The van der Waals surface area contributed by atoms with Crippen molar-refractivity contribution in [2.24, 2.45) is 0 Å². The molecule has 4 nitrogen and oxygen atoms in total. The van der Waals surface area contributed by atoms with Gasteiger partial charge in [-0.05, 0) is 31.4 Å². The number of carbonyl (C=O) groups excluding carboxylic acids is 1. The molecule has 0 saturated heterocycles. The minimum Gasteiger partial charge on any atom is -0.478 e. The molecule has 1 saturated carbocycles. The van der Waals surface area contributed by atoms with E-state index in [1.807, 2.05) is 0 Å². The molecule has 0 bridgehead atoms. The Hall–Kier alpha value is -1.98. The summed E-state index contributed by atoms with van der Waals surface area (Å²) in [5.74, 6) is -4.67. The number of carboxylic acid groups (broad SMARTS) is 1. The van der Waals surface area contributed by atoms with Gasteiger partial charge in [-0.1, -0.05) is 0 Å². The van der Waals surface area contributed by atoms with Crippen LogP contribution in [-0.2, 0) is 0 Å². The molecule has 0 aromatic heterocycles. The Kier molecular flexibility index (Phi) is 3.27. The molecule has 0 atom stereocenters. The van der Waals surface area contributed by atoms with Crippen molar-refractivity contribution in [3.63, 3.8) is 0 Å². The first kappa shape index (κ1) is 12.5. The van der Waals surface area contributed by atoms with Gasteiger partial charge in [-0.25, -0.2) is 13.6 Å². The van der Waals surface area contributed by atoms with Gasteiger partial charge in [-0.2, -0.15) is 0 Å². The predicted molar refractivity (Wildman–Crippen MR) is 58.4 cm³/mol. The molecular weight excluding hydrogens is 244 g/mol. The first-order chi connectivity index (χ1) is 8.49. The molecule has 1 aromatic rings. The van der Waals surface area contributed by atoms with E-state index < -0.39 is 29.1 Å². The topological polar surface area (TPSA) is 66.4 Å². The van der Waals surface area contributed by atoms with Crippen LogP contribution in [0.1, 0.15) is 40.0 Å². The highest BCUT2D eigenvalue weighted by Gasteiger charge is 2.24. The molecular formula is C12H11F2NO3. The summed E-state index contributed by atoms with van der Waals surface area (Å²) in [4.78, 5) is 22.7. The molecule has 96 valence electrons. The van der Waals surface area contributed by atoms with Crippen molar-refractivity contribution in [3.8, 4) is 0 Å². The molecule has 18 heavy (non-hydrogen) atoms. The minimum absolute atomic E-state index is 0.00717. The standard InChI is InChI=1S/C12H11F2NO3/c13-9-4-7(8(12(17)18)5-10(9)14)11(16)15-6-2-1-3-6/h4-6H,1-3H2,(H,15,16)(H,17,18). The Labute approximate surface area is 102 Å². The van der Waals surface area contributed by atoms with Gasteiger partial charge < -0.3 is 10.4 Å². The number of carboxylic acids is 1. The monoisotopic (exact) mass is 255 g/mol. The first-order valence-electron chi connectivity index (χ1n) is 5.52. The summed E-state index contributed by atoms with van der Waals surface area (Å²) in [6.07, 6.45) is 2.63. The largest absolute Gasteiger partial charge is 0.478 e. The van der Waals surface area contributed by atoms with Gasteiger partial charge in [0.15, 0.2) is 11.6 Å². The fourth-order valence-corrected chi connectivity index (χ4v) is 1.73. The van der Waals surface area contributed by atoms with Crippen LogP contribution in [0.25, 0.3) is 0 Å². The molecule has 1 aliphatic rings. The van der Waals surface area contributed by atoms with Gasteiger partial charge in [0.2, 0.25) is 0 Å². The van der Waals surface area contributed by atoms with Crippen LogP contribution in [0, 0.1) is 11.6 Å². The van der Waals surface area contributed by atoms with E-state index in [4.69, 9.17) is 5.11 Å². The second kappa shape index (κ2) is 4.72. The van der Waals surface area contributed by atoms with Gasteiger partial charge in [-0.15, -0.1) is 0 Å². The molecule has 6 heteroatoms. The number of benzene rings is 1. The number of aromatic carboxylic acids is 1. The minimum atomic E-state index is -1.47. The van der Waals surface area contributed by atoms with Crippen LogP contribution in [0.4, 0.5) is 8.78 Å². The Morgan fingerprint density at radius 3 is 2.17 bits per heavy atom. The Morgan fingerprint density at radius 1 is 1.17 bits per heavy atom. The van der Waals surface area contributed by atoms with E-state index in [9.17, 15) is 18.4 Å². The second-order valence-corrected chi connectivity index (χ2v) is 4.22. The van der Waals surface area contributed by atoms with E-state index in [0.29, 0.717) is 12.1 Å². The third-order valence-corrected chi connectivity index (χ3v) is 2.98. The van der Waals surface area contributed by atoms with Crippen LogP contribution in [-0.4, -0.2) is 23.0 Å². The van der Waals surface area contributed by atoms with Crippen LogP contribution < -0.4 is 5.32 Å². The lowest BCUT2D eigenvalue weighted by molar-refractivity contribution is 0.0689. The van der Waals surface area contributed by atoms with Crippen molar-refractivity contribution in [2.75, 3.05) is 0 Å². The van der Waals surface area contributed by atoms with E-state index in [1.54, 1.807) is 0 Å². The average molecular weight is 255 g/mol. The Balaban J connectivity index is 2.32.